The van der Waals surface area contributed by atoms with Crippen LogP contribution < -0.4 is 4.90 Å². The van der Waals surface area contributed by atoms with Crippen molar-refractivity contribution >= 4 is 16.5 Å². The molecule has 0 radical (unpaired) electrons. The number of rotatable bonds is 7. The fraction of sp³-hybridized carbons (Fsp3) is 0.200. The topological polar surface area (TPSA) is 20.1 Å². The molecule has 3 atom stereocenters. The van der Waals surface area contributed by atoms with Crippen LogP contribution in [0, 0.1) is 6.92 Å². The van der Waals surface area contributed by atoms with Crippen molar-refractivity contribution in [1.29, 1.82) is 0 Å². The molecule has 1 aliphatic heterocycles. The summed E-state index contributed by atoms with van der Waals surface area (Å²) in [5, 5.41) is 0. The van der Waals surface area contributed by atoms with E-state index in [-0.39, 0.29) is 6.04 Å². The summed E-state index contributed by atoms with van der Waals surface area (Å²) >= 11 is 0. The van der Waals surface area contributed by atoms with Crippen LogP contribution in [0.25, 0.3) is 0 Å². The normalized spacial score (nSPS) is 21.9. The van der Waals surface area contributed by atoms with Crippen molar-refractivity contribution in [3.63, 3.8) is 0 Å². The molecule has 0 amide bonds. The Morgan fingerprint density at radius 2 is 1.57 bits per heavy atom. The van der Waals surface area contributed by atoms with Crippen molar-refractivity contribution in [3.05, 3.63) is 109 Å². The fourth-order valence-corrected chi connectivity index (χ4v) is 5.91. The summed E-state index contributed by atoms with van der Waals surface area (Å²) < 4.78 is 13.9. The van der Waals surface area contributed by atoms with Gasteiger partial charge in [0.25, 0.3) is 0 Å². The van der Waals surface area contributed by atoms with Crippen LogP contribution in [0.3, 0.4) is 0 Å². The summed E-state index contributed by atoms with van der Waals surface area (Å²) in [6.07, 6.45) is 3.55. The highest BCUT2D eigenvalue weighted by Crippen LogP contribution is 2.61. The van der Waals surface area contributed by atoms with Gasteiger partial charge in [0.15, 0.2) is 0 Å². The quantitative estimate of drug-likeness (QED) is 0.364. The highest BCUT2D eigenvalue weighted by Gasteiger charge is 2.67. The van der Waals surface area contributed by atoms with Crippen LogP contribution in [0.4, 0.5) is 5.69 Å². The van der Waals surface area contributed by atoms with Crippen LogP contribution in [-0.2, 0) is 10.8 Å². The van der Waals surface area contributed by atoms with Gasteiger partial charge in [-0.3, -0.25) is 4.21 Å². The van der Waals surface area contributed by atoms with E-state index in [1.54, 1.807) is 0 Å². The summed E-state index contributed by atoms with van der Waals surface area (Å²) in [7, 11) is -1.18. The number of aryl methyl sites for hydroxylation is 1. The molecule has 3 aromatic carbocycles. The number of hydrogen-bond acceptors (Lipinski definition) is 2. The predicted molar refractivity (Wildman–Crippen MR) is 118 cm³/mol. The maximum absolute atomic E-state index is 13.9. The summed E-state index contributed by atoms with van der Waals surface area (Å²) in [5.74, 6) is 0. The van der Waals surface area contributed by atoms with Crippen LogP contribution in [0.15, 0.2) is 102 Å². The first-order valence-electron chi connectivity index (χ1n) is 9.67. The molecule has 1 fully saturated rings. The van der Waals surface area contributed by atoms with E-state index in [9.17, 15) is 4.21 Å². The van der Waals surface area contributed by atoms with Gasteiger partial charge in [-0.25, -0.2) is 0 Å². The highest BCUT2D eigenvalue weighted by atomic mass is 32.2. The zero-order valence-corrected chi connectivity index (χ0v) is 16.9. The number of benzene rings is 3. The van der Waals surface area contributed by atoms with Gasteiger partial charge in [0.05, 0.1) is 16.8 Å². The molecule has 0 aliphatic carbocycles. The van der Waals surface area contributed by atoms with Crippen molar-refractivity contribution in [2.45, 2.75) is 35.6 Å². The lowest BCUT2D eigenvalue weighted by Crippen LogP contribution is -2.25. The molecule has 1 unspecified atom stereocenters. The van der Waals surface area contributed by atoms with Crippen LogP contribution in [0.2, 0.25) is 0 Å². The molecule has 3 aromatic rings. The smallest absolute Gasteiger partial charge is 0.146 e. The van der Waals surface area contributed by atoms with Gasteiger partial charge >= 0.3 is 0 Å². The number of para-hydroxylation sites is 1. The van der Waals surface area contributed by atoms with Gasteiger partial charge in [0.1, 0.15) is 4.87 Å². The molecule has 4 rings (SSSR count). The standard InChI is InChI=1S/C25H25NOS/c1-3-4-19-25(28(27)23-17-15-20(2)16-18-23)24(21-11-7-5-8-12-21)26(25)22-13-9-6-10-14-22/h3,5-18,24H,1,4,19H2,2H3/t24-,25-,26?,28?/m1/s1. The second-order valence-corrected chi connectivity index (χ2v) is 8.99. The molecule has 28 heavy (non-hydrogen) atoms. The zero-order chi connectivity index (χ0) is 19.6. The molecule has 0 aromatic heterocycles. The Morgan fingerprint density at radius 1 is 0.964 bits per heavy atom. The van der Waals surface area contributed by atoms with Crippen molar-refractivity contribution < 1.29 is 4.21 Å². The molecule has 142 valence electrons. The second kappa shape index (κ2) is 7.76. The van der Waals surface area contributed by atoms with Crippen molar-refractivity contribution in [2.75, 3.05) is 4.90 Å². The monoisotopic (exact) mass is 387 g/mol. The van der Waals surface area contributed by atoms with E-state index < -0.39 is 15.7 Å². The van der Waals surface area contributed by atoms with Crippen LogP contribution in [0.5, 0.6) is 0 Å². The molecule has 0 saturated carbocycles. The summed E-state index contributed by atoms with van der Waals surface area (Å²) in [6.45, 7) is 5.97. The Bertz CT molecular complexity index is 921. The van der Waals surface area contributed by atoms with E-state index in [4.69, 9.17) is 0 Å². The number of nitrogens with zero attached hydrogens (tertiary/aromatic N) is 1. The van der Waals surface area contributed by atoms with Gasteiger partial charge < -0.3 is 4.90 Å². The first kappa shape index (κ1) is 18.7. The molecule has 0 spiro atoms. The van der Waals surface area contributed by atoms with Gasteiger partial charge in [0, 0.05) is 10.6 Å². The number of allylic oxidation sites excluding steroid dienone is 1. The van der Waals surface area contributed by atoms with Crippen LogP contribution >= 0.6 is 0 Å². The molecule has 1 aliphatic rings. The molecule has 2 nitrogen and oxygen atoms in total. The Balaban J connectivity index is 1.83. The molecule has 0 bridgehead atoms. The van der Waals surface area contributed by atoms with Crippen molar-refractivity contribution in [3.8, 4) is 0 Å². The summed E-state index contributed by atoms with van der Waals surface area (Å²) in [5.41, 5.74) is 3.49. The Labute approximate surface area is 170 Å². The van der Waals surface area contributed by atoms with E-state index in [0.29, 0.717) is 0 Å². The average Bonchev–Trinajstić information content (AvgIpc) is 3.43. The van der Waals surface area contributed by atoms with Crippen LogP contribution in [0.1, 0.15) is 30.0 Å². The molecule has 0 N–H and O–H groups in total. The summed E-state index contributed by atoms with van der Waals surface area (Å²) in [4.78, 5) is 2.75. The van der Waals surface area contributed by atoms with E-state index in [1.807, 2.05) is 54.6 Å². The lowest BCUT2D eigenvalue weighted by Gasteiger charge is -2.18. The maximum Gasteiger partial charge on any atom is 0.146 e. The predicted octanol–water partition coefficient (Wildman–Crippen LogP) is 6.03. The minimum Gasteiger partial charge on any atom is -0.342 e. The third-order valence-electron chi connectivity index (χ3n) is 5.44. The van der Waals surface area contributed by atoms with E-state index >= 15 is 0 Å². The van der Waals surface area contributed by atoms with E-state index in [0.717, 1.165) is 23.4 Å². The van der Waals surface area contributed by atoms with Gasteiger partial charge in [-0.1, -0.05) is 72.3 Å². The molecule has 1 heterocycles. The minimum atomic E-state index is -1.18. The molecule has 1 saturated heterocycles. The largest absolute Gasteiger partial charge is 0.342 e. The van der Waals surface area contributed by atoms with Crippen LogP contribution in [-0.4, -0.2) is 9.08 Å². The minimum absolute atomic E-state index is 0.0817. The fourth-order valence-electron chi connectivity index (χ4n) is 4.03. The van der Waals surface area contributed by atoms with Gasteiger partial charge in [-0.05, 0) is 49.6 Å². The number of anilines is 1. The molecule has 3 heteroatoms. The first-order valence-corrected chi connectivity index (χ1v) is 10.8. The maximum atomic E-state index is 13.9. The van der Waals surface area contributed by atoms with E-state index in [1.165, 1.54) is 11.1 Å². The molecular weight excluding hydrogens is 362 g/mol. The second-order valence-electron chi connectivity index (χ2n) is 7.27. The lowest BCUT2D eigenvalue weighted by molar-refractivity contribution is 0.650. The van der Waals surface area contributed by atoms with Gasteiger partial charge in [-0.2, -0.15) is 0 Å². The SMILES string of the molecule is C=CCC[C@@]1(S(=O)c2ccc(C)cc2)[C@@H](c2ccccc2)N1c1ccccc1. The van der Waals surface area contributed by atoms with Crippen molar-refractivity contribution in [1.82, 2.24) is 0 Å². The zero-order valence-electron chi connectivity index (χ0n) is 16.1. The highest BCUT2D eigenvalue weighted by molar-refractivity contribution is 7.87. The Morgan fingerprint density at radius 3 is 2.18 bits per heavy atom. The van der Waals surface area contributed by atoms with Gasteiger partial charge in [0.2, 0.25) is 0 Å². The lowest BCUT2D eigenvalue weighted by atomic mass is 10.1. The van der Waals surface area contributed by atoms with Crippen molar-refractivity contribution in [2.24, 2.45) is 0 Å². The van der Waals surface area contributed by atoms with Gasteiger partial charge in [-0.15, -0.1) is 6.58 Å². The Kier molecular flexibility index (Phi) is 5.19. The summed E-state index contributed by atoms with van der Waals surface area (Å²) in [6, 6.07) is 28.9. The number of hydrogen-bond donors (Lipinski definition) is 0. The third-order valence-corrected chi connectivity index (χ3v) is 7.40. The average molecular weight is 388 g/mol. The Hall–Kier alpha value is -2.65. The first-order chi connectivity index (χ1) is 13.7. The van der Waals surface area contributed by atoms with E-state index in [2.05, 4.69) is 54.8 Å². The molecular formula is C25H25NOS. The third kappa shape index (κ3) is 3.20.